The van der Waals surface area contributed by atoms with Gasteiger partial charge in [0.2, 0.25) is 0 Å². The standard InChI is InChI=1S/C11H19NOS/c1-12-9-3-4-10(12)6-8(5-9)7-11(13)14-2/h8-10H,3-7H2,1-2H3. The number of thioether (sulfide) groups is 1. The van der Waals surface area contributed by atoms with Crippen LogP contribution < -0.4 is 0 Å². The van der Waals surface area contributed by atoms with Gasteiger partial charge in [0.1, 0.15) is 0 Å². The van der Waals surface area contributed by atoms with E-state index in [4.69, 9.17) is 0 Å². The Labute approximate surface area is 90.4 Å². The monoisotopic (exact) mass is 213 g/mol. The van der Waals surface area contributed by atoms with Crippen LogP contribution in [-0.2, 0) is 4.79 Å². The van der Waals surface area contributed by atoms with E-state index < -0.39 is 0 Å². The molecule has 0 saturated carbocycles. The van der Waals surface area contributed by atoms with Crippen LogP contribution in [-0.4, -0.2) is 35.4 Å². The first-order valence-electron chi connectivity index (χ1n) is 5.49. The number of nitrogens with zero attached hydrogens (tertiary/aromatic N) is 1. The number of hydrogen-bond donors (Lipinski definition) is 0. The van der Waals surface area contributed by atoms with Gasteiger partial charge in [0, 0.05) is 18.5 Å². The third kappa shape index (κ3) is 1.98. The molecule has 0 aromatic carbocycles. The Kier molecular flexibility index (Phi) is 3.17. The second-order valence-electron chi connectivity index (χ2n) is 4.67. The summed E-state index contributed by atoms with van der Waals surface area (Å²) >= 11 is 1.39. The van der Waals surface area contributed by atoms with E-state index >= 15 is 0 Å². The topological polar surface area (TPSA) is 20.3 Å². The molecule has 0 aliphatic carbocycles. The molecule has 0 spiro atoms. The van der Waals surface area contributed by atoms with Crippen LogP contribution in [0.5, 0.6) is 0 Å². The summed E-state index contributed by atoms with van der Waals surface area (Å²) in [5.74, 6) is 0.670. The minimum atomic E-state index is 0.374. The normalized spacial score (nSPS) is 37.4. The molecule has 0 aromatic rings. The molecule has 80 valence electrons. The predicted molar refractivity (Wildman–Crippen MR) is 60.4 cm³/mol. The van der Waals surface area contributed by atoms with Crippen LogP contribution in [0.2, 0.25) is 0 Å². The number of carbonyl (C=O) groups excluding carboxylic acids is 1. The van der Waals surface area contributed by atoms with Gasteiger partial charge in [0.15, 0.2) is 5.12 Å². The van der Waals surface area contributed by atoms with Gasteiger partial charge in [0.25, 0.3) is 0 Å². The molecule has 2 aliphatic heterocycles. The second kappa shape index (κ2) is 4.23. The molecular weight excluding hydrogens is 194 g/mol. The van der Waals surface area contributed by atoms with Crippen LogP contribution in [0.3, 0.4) is 0 Å². The smallest absolute Gasteiger partial charge is 0.188 e. The van der Waals surface area contributed by atoms with E-state index in [1.54, 1.807) is 0 Å². The maximum Gasteiger partial charge on any atom is 0.188 e. The molecule has 14 heavy (non-hydrogen) atoms. The van der Waals surface area contributed by atoms with Crippen molar-refractivity contribution in [3.8, 4) is 0 Å². The van der Waals surface area contributed by atoms with Gasteiger partial charge in [-0.1, -0.05) is 11.8 Å². The zero-order valence-corrected chi connectivity index (χ0v) is 9.85. The second-order valence-corrected chi connectivity index (χ2v) is 5.53. The van der Waals surface area contributed by atoms with Gasteiger partial charge < -0.3 is 4.90 Å². The first-order chi connectivity index (χ1) is 6.70. The lowest BCUT2D eigenvalue weighted by Gasteiger charge is -2.36. The fraction of sp³-hybridized carbons (Fsp3) is 0.909. The molecule has 2 aliphatic rings. The van der Waals surface area contributed by atoms with Crippen LogP contribution in [0.1, 0.15) is 32.1 Å². The van der Waals surface area contributed by atoms with Gasteiger partial charge >= 0.3 is 0 Å². The molecule has 2 atom stereocenters. The molecule has 2 nitrogen and oxygen atoms in total. The van der Waals surface area contributed by atoms with Crippen molar-refractivity contribution in [3.05, 3.63) is 0 Å². The van der Waals surface area contributed by atoms with Crippen molar-refractivity contribution in [1.29, 1.82) is 0 Å². The Morgan fingerprint density at radius 1 is 1.36 bits per heavy atom. The molecule has 2 unspecified atom stereocenters. The van der Waals surface area contributed by atoms with Gasteiger partial charge in [-0.2, -0.15) is 0 Å². The molecule has 0 amide bonds. The van der Waals surface area contributed by atoms with E-state index in [0.717, 1.165) is 18.5 Å². The summed E-state index contributed by atoms with van der Waals surface area (Å²) in [6, 6.07) is 1.54. The Morgan fingerprint density at radius 2 is 1.93 bits per heavy atom. The average Bonchev–Trinajstić information content (AvgIpc) is 2.42. The minimum absolute atomic E-state index is 0.374. The highest BCUT2D eigenvalue weighted by molar-refractivity contribution is 8.13. The first kappa shape index (κ1) is 10.5. The van der Waals surface area contributed by atoms with E-state index in [1.165, 1.54) is 37.4 Å². The van der Waals surface area contributed by atoms with E-state index in [9.17, 15) is 4.79 Å². The van der Waals surface area contributed by atoms with Gasteiger partial charge in [-0.3, -0.25) is 4.79 Å². The molecule has 2 rings (SSSR count). The third-order valence-electron chi connectivity index (χ3n) is 3.88. The maximum absolute atomic E-state index is 11.3. The number of hydrogen-bond acceptors (Lipinski definition) is 3. The average molecular weight is 213 g/mol. The summed E-state index contributed by atoms with van der Waals surface area (Å²) in [5.41, 5.74) is 0. The number of rotatable bonds is 2. The van der Waals surface area contributed by atoms with E-state index in [-0.39, 0.29) is 0 Å². The summed E-state index contributed by atoms with van der Waals surface area (Å²) in [5, 5.41) is 0.374. The number of fused-ring (bicyclic) bond motifs is 2. The Hall–Kier alpha value is -0.0200. The Bertz CT molecular complexity index is 217. The molecule has 2 fully saturated rings. The SMILES string of the molecule is CSC(=O)CC1CC2CCC(C1)N2C. The maximum atomic E-state index is 11.3. The summed E-state index contributed by atoms with van der Waals surface area (Å²) in [6.07, 6.45) is 7.91. The largest absolute Gasteiger partial charge is 0.300 e. The summed E-state index contributed by atoms with van der Waals surface area (Å²) in [4.78, 5) is 13.9. The van der Waals surface area contributed by atoms with Crippen molar-refractivity contribution >= 4 is 16.9 Å². The highest BCUT2D eigenvalue weighted by Gasteiger charge is 2.38. The molecule has 0 radical (unpaired) electrons. The van der Waals surface area contributed by atoms with Gasteiger partial charge in [-0.25, -0.2) is 0 Å². The van der Waals surface area contributed by atoms with Crippen molar-refractivity contribution in [2.24, 2.45) is 5.92 Å². The highest BCUT2D eigenvalue weighted by Crippen LogP contribution is 2.39. The summed E-state index contributed by atoms with van der Waals surface area (Å²) in [7, 11) is 2.24. The minimum Gasteiger partial charge on any atom is -0.300 e. The van der Waals surface area contributed by atoms with Crippen LogP contribution in [0.25, 0.3) is 0 Å². The van der Waals surface area contributed by atoms with Gasteiger partial charge in [-0.15, -0.1) is 0 Å². The van der Waals surface area contributed by atoms with Crippen LogP contribution in [0.15, 0.2) is 0 Å². The molecule has 3 heteroatoms. The molecule has 2 bridgehead atoms. The fourth-order valence-corrected chi connectivity index (χ4v) is 3.41. The zero-order chi connectivity index (χ0) is 10.1. The third-order valence-corrected chi connectivity index (χ3v) is 4.50. The molecule has 0 N–H and O–H groups in total. The van der Waals surface area contributed by atoms with Crippen molar-refractivity contribution in [3.63, 3.8) is 0 Å². The lowest BCUT2D eigenvalue weighted by atomic mass is 9.89. The van der Waals surface area contributed by atoms with Crippen LogP contribution >= 0.6 is 11.8 Å². The summed E-state index contributed by atoms with van der Waals surface area (Å²) in [6.45, 7) is 0. The van der Waals surface area contributed by atoms with Crippen LogP contribution in [0, 0.1) is 5.92 Å². The molecule has 0 aromatic heterocycles. The lowest BCUT2D eigenvalue weighted by Crippen LogP contribution is -2.40. The number of piperidine rings is 1. The van der Waals surface area contributed by atoms with Crippen molar-refractivity contribution < 1.29 is 4.79 Å². The van der Waals surface area contributed by atoms with E-state index in [0.29, 0.717) is 11.0 Å². The first-order valence-corrected chi connectivity index (χ1v) is 6.72. The van der Waals surface area contributed by atoms with Crippen LogP contribution in [0.4, 0.5) is 0 Å². The van der Waals surface area contributed by atoms with Crippen molar-refractivity contribution in [2.45, 2.75) is 44.2 Å². The fourth-order valence-electron chi connectivity index (χ4n) is 3.01. The predicted octanol–water partition coefficient (Wildman–Crippen LogP) is 2.14. The molecular formula is C11H19NOS. The lowest BCUT2D eigenvalue weighted by molar-refractivity contribution is -0.112. The highest BCUT2D eigenvalue weighted by atomic mass is 32.2. The van der Waals surface area contributed by atoms with Crippen molar-refractivity contribution in [2.75, 3.05) is 13.3 Å². The van der Waals surface area contributed by atoms with E-state index in [1.807, 2.05) is 6.26 Å². The summed E-state index contributed by atoms with van der Waals surface area (Å²) < 4.78 is 0. The quantitative estimate of drug-likeness (QED) is 0.701. The Balaban J connectivity index is 1.90. The van der Waals surface area contributed by atoms with Gasteiger partial charge in [-0.05, 0) is 44.9 Å². The number of carbonyl (C=O) groups is 1. The Morgan fingerprint density at radius 3 is 2.43 bits per heavy atom. The molecule has 2 heterocycles. The molecule has 2 saturated heterocycles. The van der Waals surface area contributed by atoms with Crippen molar-refractivity contribution in [1.82, 2.24) is 4.90 Å². The van der Waals surface area contributed by atoms with Gasteiger partial charge in [0.05, 0.1) is 0 Å². The van der Waals surface area contributed by atoms with E-state index in [2.05, 4.69) is 11.9 Å². The zero-order valence-electron chi connectivity index (χ0n) is 9.03.